The van der Waals surface area contributed by atoms with Crippen molar-refractivity contribution < 1.29 is 5.11 Å². The molecule has 122 valence electrons. The van der Waals surface area contributed by atoms with E-state index >= 15 is 0 Å². The fourth-order valence-corrected chi connectivity index (χ4v) is 4.23. The normalized spacial score (nSPS) is 13.5. The number of nitrogens with zero attached hydrogens (tertiary/aromatic N) is 4. The summed E-state index contributed by atoms with van der Waals surface area (Å²) in [6, 6.07) is 9.80. The summed E-state index contributed by atoms with van der Waals surface area (Å²) in [5.41, 5.74) is 1.06. The summed E-state index contributed by atoms with van der Waals surface area (Å²) in [5, 5.41) is 21.2. The summed E-state index contributed by atoms with van der Waals surface area (Å²) >= 11 is 2.83. The number of fused-ring (bicyclic) bond motifs is 1. The topological polar surface area (TPSA) is 74.7 Å². The number of aromatic nitrogens is 3. The van der Waals surface area contributed by atoms with Crippen LogP contribution < -0.4 is 0 Å². The Bertz CT molecular complexity index is 902. The van der Waals surface area contributed by atoms with Crippen molar-refractivity contribution in [1.29, 1.82) is 5.26 Å². The van der Waals surface area contributed by atoms with Gasteiger partial charge in [-0.1, -0.05) is 23.9 Å². The van der Waals surface area contributed by atoms with Gasteiger partial charge < -0.3 is 9.67 Å². The highest BCUT2D eigenvalue weighted by Crippen LogP contribution is 2.33. The lowest BCUT2D eigenvalue weighted by molar-refractivity contribution is 0.402. The van der Waals surface area contributed by atoms with Gasteiger partial charge in [-0.2, -0.15) is 5.26 Å². The van der Waals surface area contributed by atoms with E-state index in [2.05, 4.69) is 16.0 Å². The Balaban J connectivity index is 1.93. The van der Waals surface area contributed by atoms with Gasteiger partial charge in [-0.15, -0.1) is 11.3 Å². The van der Waals surface area contributed by atoms with Gasteiger partial charge in [0.25, 0.3) is 0 Å². The van der Waals surface area contributed by atoms with Gasteiger partial charge in [0.15, 0.2) is 5.16 Å². The molecule has 7 heteroatoms. The second-order valence-corrected chi connectivity index (χ2v) is 7.45. The zero-order valence-corrected chi connectivity index (χ0v) is 14.9. The molecule has 3 rings (SSSR count). The third-order valence-corrected chi connectivity index (χ3v) is 5.74. The van der Waals surface area contributed by atoms with E-state index in [1.165, 1.54) is 23.1 Å². The second kappa shape index (κ2) is 7.07. The third kappa shape index (κ3) is 3.16. The van der Waals surface area contributed by atoms with E-state index < -0.39 is 0 Å². The number of allylic oxidation sites excluding steroid dienone is 1. The smallest absolute Gasteiger partial charge is 0.168 e. The van der Waals surface area contributed by atoms with Gasteiger partial charge >= 0.3 is 0 Å². The standard InChI is InChI=1S/C17H16N4OS2/c1-3-21-9-8-19-17(21)23-11(2)15(22)12(10-18)16-20-13-6-4-5-7-14(13)24-16/h4-9,11,22H,3H2,1-2H3/b15-12-. The first-order valence-electron chi connectivity index (χ1n) is 7.51. The van der Waals surface area contributed by atoms with Crippen LogP contribution in [0, 0.1) is 11.3 Å². The summed E-state index contributed by atoms with van der Waals surface area (Å²) in [6.07, 6.45) is 3.63. The lowest BCUT2D eigenvalue weighted by atomic mass is 10.2. The Hall–Kier alpha value is -2.30. The van der Waals surface area contributed by atoms with E-state index in [4.69, 9.17) is 0 Å². The van der Waals surface area contributed by atoms with Gasteiger partial charge in [0.05, 0.1) is 15.5 Å². The average Bonchev–Trinajstić information content (AvgIpc) is 3.21. The summed E-state index contributed by atoms with van der Waals surface area (Å²) in [4.78, 5) is 8.76. The molecule has 5 nitrogen and oxygen atoms in total. The average molecular weight is 356 g/mol. The Kier molecular flexibility index (Phi) is 4.88. The zero-order valence-electron chi connectivity index (χ0n) is 13.3. The van der Waals surface area contributed by atoms with Gasteiger partial charge in [0, 0.05) is 18.9 Å². The first-order valence-corrected chi connectivity index (χ1v) is 9.20. The Labute approximate surface area is 148 Å². The number of thioether (sulfide) groups is 1. The highest BCUT2D eigenvalue weighted by atomic mass is 32.2. The molecule has 24 heavy (non-hydrogen) atoms. The van der Waals surface area contributed by atoms with E-state index in [9.17, 15) is 10.4 Å². The molecule has 2 aromatic heterocycles. The molecule has 0 amide bonds. The zero-order chi connectivity index (χ0) is 17.1. The van der Waals surface area contributed by atoms with Crippen LogP contribution in [0.15, 0.2) is 47.6 Å². The minimum Gasteiger partial charge on any atom is -0.510 e. The molecule has 0 bridgehead atoms. The number of para-hydroxylation sites is 1. The van der Waals surface area contributed by atoms with Crippen LogP contribution >= 0.6 is 23.1 Å². The summed E-state index contributed by atoms with van der Waals surface area (Å²) < 4.78 is 2.99. The number of aliphatic hydroxyl groups excluding tert-OH is 1. The van der Waals surface area contributed by atoms with Crippen molar-refractivity contribution >= 4 is 38.9 Å². The van der Waals surface area contributed by atoms with Gasteiger partial charge in [-0.3, -0.25) is 0 Å². The van der Waals surface area contributed by atoms with Crippen molar-refractivity contribution in [3.8, 4) is 6.07 Å². The fourth-order valence-electron chi connectivity index (χ4n) is 2.27. The molecule has 1 aromatic carbocycles. The molecule has 0 aliphatic carbocycles. The Morgan fingerprint density at radius 1 is 1.46 bits per heavy atom. The number of hydrogen-bond acceptors (Lipinski definition) is 6. The number of rotatable bonds is 5. The first kappa shape index (κ1) is 16.6. The molecule has 0 spiro atoms. The van der Waals surface area contributed by atoms with Crippen LogP contribution in [-0.4, -0.2) is 24.9 Å². The number of nitriles is 1. The molecule has 0 aliphatic rings. The number of imidazole rings is 1. The van der Waals surface area contributed by atoms with Crippen molar-refractivity contribution in [1.82, 2.24) is 14.5 Å². The van der Waals surface area contributed by atoms with E-state index in [0.717, 1.165) is 21.9 Å². The minimum absolute atomic E-state index is 0.0345. The van der Waals surface area contributed by atoms with Crippen molar-refractivity contribution in [2.24, 2.45) is 0 Å². The molecule has 0 aliphatic heterocycles. The molecule has 0 radical (unpaired) electrons. The maximum absolute atomic E-state index is 10.6. The molecule has 1 atom stereocenters. The van der Waals surface area contributed by atoms with E-state index in [1.807, 2.05) is 48.9 Å². The molecule has 2 heterocycles. The van der Waals surface area contributed by atoms with Crippen molar-refractivity contribution in [2.75, 3.05) is 0 Å². The van der Waals surface area contributed by atoms with Crippen LogP contribution in [0.2, 0.25) is 0 Å². The summed E-state index contributed by atoms with van der Waals surface area (Å²) in [5.74, 6) is 0.0345. The van der Waals surface area contributed by atoms with Crippen molar-refractivity contribution in [3.05, 3.63) is 47.4 Å². The SMILES string of the molecule is CCn1ccnc1SC(C)/C(O)=C(\C#N)c1nc2ccccc2s1. The molecule has 0 saturated carbocycles. The molecular formula is C17H16N4OS2. The van der Waals surface area contributed by atoms with E-state index in [1.54, 1.807) is 6.20 Å². The maximum atomic E-state index is 10.6. The van der Waals surface area contributed by atoms with Gasteiger partial charge in [-0.05, 0) is 26.0 Å². The fraction of sp³-hybridized carbons (Fsp3) is 0.235. The number of aryl methyl sites for hydroxylation is 1. The van der Waals surface area contributed by atoms with E-state index in [0.29, 0.717) is 5.01 Å². The first-order chi connectivity index (χ1) is 11.6. The van der Waals surface area contributed by atoms with Crippen LogP contribution in [0.1, 0.15) is 18.9 Å². The predicted molar refractivity (Wildman–Crippen MR) is 98.0 cm³/mol. The number of aliphatic hydroxyl groups is 1. The molecule has 0 fully saturated rings. The number of hydrogen-bond donors (Lipinski definition) is 1. The van der Waals surface area contributed by atoms with Crippen LogP contribution in [0.25, 0.3) is 15.8 Å². The van der Waals surface area contributed by atoms with Crippen molar-refractivity contribution in [3.63, 3.8) is 0 Å². The van der Waals surface area contributed by atoms with Crippen LogP contribution in [-0.2, 0) is 6.54 Å². The summed E-state index contributed by atoms with van der Waals surface area (Å²) in [7, 11) is 0. The molecule has 1 N–H and O–H groups in total. The Morgan fingerprint density at radius 3 is 2.96 bits per heavy atom. The molecule has 3 aromatic rings. The molecular weight excluding hydrogens is 340 g/mol. The largest absolute Gasteiger partial charge is 0.510 e. The van der Waals surface area contributed by atoms with Crippen molar-refractivity contribution in [2.45, 2.75) is 30.8 Å². The van der Waals surface area contributed by atoms with Crippen LogP contribution in [0.5, 0.6) is 0 Å². The lowest BCUT2D eigenvalue weighted by Gasteiger charge is -2.12. The monoisotopic (exact) mass is 356 g/mol. The van der Waals surface area contributed by atoms with Gasteiger partial charge in [0.2, 0.25) is 0 Å². The number of thiazole rings is 1. The van der Waals surface area contributed by atoms with Gasteiger partial charge in [-0.25, -0.2) is 9.97 Å². The number of benzene rings is 1. The van der Waals surface area contributed by atoms with Crippen LogP contribution in [0.3, 0.4) is 0 Å². The molecule has 0 saturated heterocycles. The second-order valence-electron chi connectivity index (χ2n) is 5.11. The molecule has 1 unspecified atom stereocenters. The van der Waals surface area contributed by atoms with Gasteiger partial charge in [0.1, 0.15) is 22.4 Å². The minimum atomic E-state index is -0.292. The highest BCUT2D eigenvalue weighted by Gasteiger charge is 2.20. The van der Waals surface area contributed by atoms with E-state index in [-0.39, 0.29) is 16.6 Å². The Morgan fingerprint density at radius 2 is 2.25 bits per heavy atom. The highest BCUT2D eigenvalue weighted by molar-refractivity contribution is 7.99. The van der Waals surface area contributed by atoms with Crippen LogP contribution in [0.4, 0.5) is 0 Å². The third-order valence-electron chi connectivity index (χ3n) is 3.56. The maximum Gasteiger partial charge on any atom is 0.168 e. The predicted octanol–water partition coefficient (Wildman–Crippen LogP) is 4.49. The lowest BCUT2D eigenvalue weighted by Crippen LogP contribution is -2.06. The summed E-state index contributed by atoms with van der Waals surface area (Å²) in [6.45, 7) is 4.70. The quantitative estimate of drug-likeness (QED) is 0.414.